The van der Waals surface area contributed by atoms with Crippen molar-refractivity contribution in [3.05, 3.63) is 23.2 Å². The number of hydrogen-bond acceptors (Lipinski definition) is 4. The number of ether oxygens (including phenoxy) is 1. The van der Waals surface area contributed by atoms with Crippen LogP contribution in [0.5, 0.6) is 0 Å². The Morgan fingerprint density at radius 3 is 3.00 bits per heavy atom. The minimum atomic E-state index is 0.313. The van der Waals surface area contributed by atoms with Gasteiger partial charge in [0.15, 0.2) is 5.13 Å². The molecule has 1 aliphatic heterocycles. The van der Waals surface area contributed by atoms with E-state index in [9.17, 15) is 0 Å². The van der Waals surface area contributed by atoms with E-state index < -0.39 is 0 Å². The first-order valence-electron chi connectivity index (χ1n) is 6.52. The fourth-order valence-electron chi connectivity index (χ4n) is 2.31. The van der Waals surface area contributed by atoms with Crippen LogP contribution in [0, 0.1) is 5.41 Å². The molecule has 3 nitrogen and oxygen atoms in total. The Morgan fingerprint density at radius 2 is 2.21 bits per heavy atom. The van der Waals surface area contributed by atoms with E-state index in [-0.39, 0.29) is 0 Å². The van der Waals surface area contributed by atoms with E-state index in [1.54, 1.807) is 11.3 Å². The molecule has 1 aliphatic rings. The van der Waals surface area contributed by atoms with Crippen LogP contribution in [-0.2, 0) is 4.74 Å². The van der Waals surface area contributed by atoms with E-state index in [2.05, 4.69) is 17.2 Å². The van der Waals surface area contributed by atoms with Gasteiger partial charge in [0.1, 0.15) is 0 Å². The Bertz CT molecular complexity index is 578. The molecular weight excluding hydrogens is 280 g/mol. The zero-order valence-corrected chi connectivity index (χ0v) is 12.5. The van der Waals surface area contributed by atoms with E-state index in [0.717, 1.165) is 48.3 Å². The minimum Gasteiger partial charge on any atom is -0.381 e. The third kappa shape index (κ3) is 3.02. The van der Waals surface area contributed by atoms with Crippen molar-refractivity contribution in [3.63, 3.8) is 0 Å². The van der Waals surface area contributed by atoms with Gasteiger partial charge in [0.2, 0.25) is 0 Å². The van der Waals surface area contributed by atoms with Gasteiger partial charge in [-0.2, -0.15) is 0 Å². The molecule has 19 heavy (non-hydrogen) atoms. The van der Waals surface area contributed by atoms with Gasteiger partial charge in [-0.3, -0.25) is 0 Å². The molecule has 1 fully saturated rings. The lowest BCUT2D eigenvalue weighted by atomic mass is 9.82. The Balaban J connectivity index is 1.71. The van der Waals surface area contributed by atoms with E-state index in [0.29, 0.717) is 5.41 Å². The average Bonchev–Trinajstić information content (AvgIpc) is 2.79. The van der Waals surface area contributed by atoms with E-state index in [4.69, 9.17) is 16.3 Å². The molecule has 102 valence electrons. The summed E-state index contributed by atoms with van der Waals surface area (Å²) >= 11 is 7.66. The summed E-state index contributed by atoms with van der Waals surface area (Å²) in [5.41, 5.74) is 1.28. The SMILES string of the molecule is CC1(CNc2nc3cc(Cl)ccc3s2)CCOCC1. The number of hydrogen-bond donors (Lipinski definition) is 1. The number of nitrogens with zero attached hydrogens (tertiary/aromatic N) is 1. The van der Waals surface area contributed by atoms with Crippen molar-refractivity contribution in [2.24, 2.45) is 5.41 Å². The van der Waals surface area contributed by atoms with Crippen molar-refractivity contribution in [2.75, 3.05) is 25.1 Å². The lowest BCUT2D eigenvalue weighted by molar-refractivity contribution is 0.0300. The third-order valence-electron chi connectivity index (χ3n) is 3.72. The van der Waals surface area contributed by atoms with Gasteiger partial charge in [0.25, 0.3) is 0 Å². The fourth-order valence-corrected chi connectivity index (χ4v) is 3.31. The van der Waals surface area contributed by atoms with Crippen LogP contribution in [0.1, 0.15) is 19.8 Å². The molecule has 0 bridgehead atoms. The first kappa shape index (κ1) is 13.2. The highest BCUT2D eigenvalue weighted by molar-refractivity contribution is 7.22. The molecule has 2 heterocycles. The minimum absolute atomic E-state index is 0.313. The predicted octanol–water partition coefficient (Wildman–Crippen LogP) is 4.18. The van der Waals surface area contributed by atoms with Crippen LogP contribution in [0.2, 0.25) is 5.02 Å². The highest BCUT2D eigenvalue weighted by Gasteiger charge is 2.27. The molecule has 0 unspecified atom stereocenters. The molecule has 1 aromatic heterocycles. The van der Waals surface area contributed by atoms with E-state index in [1.807, 2.05) is 18.2 Å². The van der Waals surface area contributed by atoms with Crippen molar-refractivity contribution in [1.29, 1.82) is 0 Å². The molecule has 0 saturated carbocycles. The Kier molecular flexibility index (Phi) is 3.65. The smallest absolute Gasteiger partial charge is 0.183 e. The second-order valence-electron chi connectivity index (χ2n) is 5.41. The van der Waals surface area contributed by atoms with Crippen molar-refractivity contribution in [2.45, 2.75) is 19.8 Å². The summed E-state index contributed by atoms with van der Waals surface area (Å²) in [5, 5.41) is 5.19. The summed E-state index contributed by atoms with van der Waals surface area (Å²) in [7, 11) is 0. The van der Waals surface area contributed by atoms with Crippen LogP contribution in [-0.4, -0.2) is 24.7 Å². The van der Waals surface area contributed by atoms with Crippen molar-refractivity contribution in [1.82, 2.24) is 4.98 Å². The van der Waals surface area contributed by atoms with Crippen molar-refractivity contribution in [3.8, 4) is 0 Å². The quantitative estimate of drug-likeness (QED) is 0.922. The maximum Gasteiger partial charge on any atom is 0.183 e. The molecule has 0 amide bonds. The third-order valence-corrected chi connectivity index (χ3v) is 4.95. The molecule has 3 rings (SSSR count). The molecule has 1 N–H and O–H groups in total. The van der Waals surface area contributed by atoms with Crippen LogP contribution in [0.15, 0.2) is 18.2 Å². The molecule has 0 spiro atoms. The summed E-state index contributed by atoms with van der Waals surface area (Å²) in [6.45, 7) is 5.00. The van der Waals surface area contributed by atoms with Gasteiger partial charge in [0.05, 0.1) is 10.2 Å². The van der Waals surface area contributed by atoms with Gasteiger partial charge in [-0.05, 0) is 36.5 Å². The summed E-state index contributed by atoms with van der Waals surface area (Å²) in [6.07, 6.45) is 2.22. The Labute approximate surface area is 121 Å². The van der Waals surface area contributed by atoms with Crippen LogP contribution >= 0.6 is 22.9 Å². The number of nitrogens with one attached hydrogen (secondary N) is 1. The van der Waals surface area contributed by atoms with E-state index in [1.165, 1.54) is 4.70 Å². The standard InChI is InChI=1S/C14H17ClN2OS/c1-14(4-6-18-7-5-14)9-16-13-17-11-8-10(15)2-3-12(11)19-13/h2-3,8H,4-7,9H2,1H3,(H,16,17). The Morgan fingerprint density at radius 1 is 1.42 bits per heavy atom. The van der Waals surface area contributed by atoms with Gasteiger partial charge in [-0.1, -0.05) is 29.9 Å². The molecule has 2 aromatic rings. The Hall–Kier alpha value is -0.840. The van der Waals surface area contributed by atoms with Crippen molar-refractivity contribution >= 4 is 38.3 Å². The lowest BCUT2D eigenvalue weighted by Gasteiger charge is -2.33. The largest absolute Gasteiger partial charge is 0.381 e. The van der Waals surface area contributed by atoms with Gasteiger partial charge < -0.3 is 10.1 Å². The topological polar surface area (TPSA) is 34.2 Å². The molecule has 1 saturated heterocycles. The van der Waals surface area contributed by atoms with Crippen LogP contribution in [0.3, 0.4) is 0 Å². The molecule has 0 aliphatic carbocycles. The predicted molar refractivity (Wildman–Crippen MR) is 81.3 cm³/mol. The summed E-state index contributed by atoms with van der Waals surface area (Å²) < 4.78 is 6.59. The van der Waals surface area contributed by atoms with Gasteiger partial charge in [-0.15, -0.1) is 0 Å². The summed E-state index contributed by atoms with van der Waals surface area (Å²) in [5.74, 6) is 0. The highest BCUT2D eigenvalue weighted by Crippen LogP contribution is 2.32. The highest BCUT2D eigenvalue weighted by atomic mass is 35.5. The van der Waals surface area contributed by atoms with Gasteiger partial charge >= 0.3 is 0 Å². The first-order valence-corrected chi connectivity index (χ1v) is 7.72. The molecule has 5 heteroatoms. The summed E-state index contributed by atoms with van der Waals surface area (Å²) in [4.78, 5) is 4.58. The van der Waals surface area contributed by atoms with Gasteiger partial charge in [0, 0.05) is 24.8 Å². The van der Waals surface area contributed by atoms with Crippen LogP contribution < -0.4 is 5.32 Å². The van der Waals surface area contributed by atoms with Crippen LogP contribution in [0.25, 0.3) is 10.2 Å². The summed E-state index contributed by atoms with van der Waals surface area (Å²) in [6, 6.07) is 5.84. The maximum absolute atomic E-state index is 5.98. The molecular formula is C14H17ClN2OS. The lowest BCUT2D eigenvalue weighted by Crippen LogP contribution is -2.33. The fraction of sp³-hybridized carbons (Fsp3) is 0.500. The zero-order valence-electron chi connectivity index (χ0n) is 10.9. The number of anilines is 1. The average molecular weight is 297 g/mol. The van der Waals surface area contributed by atoms with Gasteiger partial charge in [-0.25, -0.2) is 4.98 Å². The molecule has 1 aromatic carbocycles. The number of fused-ring (bicyclic) bond motifs is 1. The molecule has 0 radical (unpaired) electrons. The second-order valence-corrected chi connectivity index (χ2v) is 6.87. The number of halogens is 1. The first-order chi connectivity index (χ1) is 9.15. The van der Waals surface area contributed by atoms with E-state index >= 15 is 0 Å². The number of thiazole rings is 1. The maximum atomic E-state index is 5.98. The molecule has 0 atom stereocenters. The zero-order chi connectivity index (χ0) is 13.3. The van der Waals surface area contributed by atoms with Crippen LogP contribution in [0.4, 0.5) is 5.13 Å². The number of aromatic nitrogens is 1. The number of benzene rings is 1. The normalized spacial score (nSPS) is 18.6. The van der Waals surface area contributed by atoms with Crippen molar-refractivity contribution < 1.29 is 4.74 Å². The monoisotopic (exact) mass is 296 g/mol. The number of rotatable bonds is 3. The second kappa shape index (κ2) is 5.27.